The third-order valence-corrected chi connectivity index (χ3v) is 4.63. The summed E-state index contributed by atoms with van der Waals surface area (Å²) in [5.74, 6) is 0.560. The molecule has 2 aliphatic rings. The second-order valence-corrected chi connectivity index (χ2v) is 6.31. The summed E-state index contributed by atoms with van der Waals surface area (Å²) in [6, 6.07) is 9.20. The third kappa shape index (κ3) is 2.43. The molecule has 1 N–H and O–H groups in total. The Balaban J connectivity index is 1.95. The second-order valence-electron chi connectivity index (χ2n) is 6.31. The summed E-state index contributed by atoms with van der Waals surface area (Å²) in [5.41, 5.74) is -0.0995. The minimum atomic E-state index is -0.946. The van der Waals surface area contributed by atoms with Crippen LogP contribution in [-0.2, 0) is 15.1 Å². The largest absolute Gasteiger partial charge is 0.336 e. The molecule has 1 aromatic carbocycles. The van der Waals surface area contributed by atoms with Crippen LogP contribution in [0.15, 0.2) is 30.3 Å². The zero-order valence-electron chi connectivity index (χ0n) is 12.6. The lowest BCUT2D eigenvalue weighted by Gasteiger charge is -2.44. The zero-order valence-corrected chi connectivity index (χ0v) is 12.6. The Labute approximate surface area is 125 Å². The van der Waals surface area contributed by atoms with Gasteiger partial charge >= 0.3 is 0 Å². The number of hydrogen-bond donors (Lipinski definition) is 1. The smallest absolute Gasteiger partial charge is 0.253 e. The molecule has 2 atom stereocenters. The van der Waals surface area contributed by atoms with Crippen molar-refractivity contribution in [3.63, 3.8) is 0 Å². The van der Waals surface area contributed by atoms with Gasteiger partial charge in [0.25, 0.3) is 5.91 Å². The third-order valence-electron chi connectivity index (χ3n) is 4.63. The molecule has 0 aromatic heterocycles. The van der Waals surface area contributed by atoms with Crippen LogP contribution in [0.3, 0.4) is 0 Å². The van der Waals surface area contributed by atoms with Crippen LogP contribution in [0.1, 0.15) is 38.7 Å². The molecular weight excluding hydrogens is 264 g/mol. The molecule has 0 spiro atoms. The quantitative estimate of drug-likeness (QED) is 0.921. The highest BCUT2D eigenvalue weighted by Crippen LogP contribution is 2.35. The van der Waals surface area contributed by atoms with Crippen LogP contribution in [-0.4, -0.2) is 29.3 Å². The molecule has 1 saturated carbocycles. The normalized spacial score (nSPS) is 29.4. The van der Waals surface area contributed by atoms with Crippen molar-refractivity contribution in [3.8, 4) is 0 Å². The van der Waals surface area contributed by atoms with Gasteiger partial charge in [0, 0.05) is 6.54 Å². The highest BCUT2D eigenvalue weighted by Gasteiger charge is 2.49. The number of nitrogens with one attached hydrogen (secondary N) is 1. The van der Waals surface area contributed by atoms with Gasteiger partial charge < -0.3 is 10.2 Å². The number of nitrogens with zero attached hydrogens (tertiary/aromatic N) is 1. The predicted molar refractivity (Wildman–Crippen MR) is 80.5 cm³/mol. The van der Waals surface area contributed by atoms with Gasteiger partial charge in [-0.25, -0.2) is 0 Å². The first kappa shape index (κ1) is 14.1. The van der Waals surface area contributed by atoms with E-state index in [2.05, 4.69) is 5.32 Å². The summed E-state index contributed by atoms with van der Waals surface area (Å²) in [5, 5.41) is 2.95. The van der Waals surface area contributed by atoms with Gasteiger partial charge in [-0.05, 0) is 37.7 Å². The maximum atomic E-state index is 13.0. The van der Waals surface area contributed by atoms with Crippen molar-refractivity contribution in [1.29, 1.82) is 0 Å². The molecule has 1 aliphatic carbocycles. The van der Waals surface area contributed by atoms with Gasteiger partial charge in [-0.1, -0.05) is 37.3 Å². The summed E-state index contributed by atoms with van der Waals surface area (Å²) in [7, 11) is 0. The van der Waals surface area contributed by atoms with Crippen LogP contribution in [0.4, 0.5) is 0 Å². The van der Waals surface area contributed by atoms with Gasteiger partial charge in [0.2, 0.25) is 5.91 Å². The Morgan fingerprint density at radius 2 is 1.90 bits per heavy atom. The fraction of sp³-hybridized carbons (Fsp3) is 0.529. The summed E-state index contributed by atoms with van der Waals surface area (Å²) in [4.78, 5) is 27.3. The Hall–Kier alpha value is -1.84. The lowest BCUT2D eigenvalue weighted by molar-refractivity contribution is -0.155. The summed E-state index contributed by atoms with van der Waals surface area (Å²) >= 11 is 0. The van der Waals surface area contributed by atoms with Gasteiger partial charge in [-0.15, -0.1) is 0 Å². The lowest BCUT2D eigenvalue weighted by atomic mass is 9.86. The SMILES string of the molecule is CCC1C(=O)NC(C)(c2ccccc2)C(=O)N1CC1CC1. The monoisotopic (exact) mass is 286 g/mol. The van der Waals surface area contributed by atoms with E-state index >= 15 is 0 Å². The van der Waals surface area contributed by atoms with E-state index < -0.39 is 5.54 Å². The Morgan fingerprint density at radius 3 is 2.48 bits per heavy atom. The van der Waals surface area contributed by atoms with Crippen LogP contribution < -0.4 is 5.32 Å². The molecule has 2 fully saturated rings. The number of carbonyl (C=O) groups excluding carboxylic acids is 2. The van der Waals surface area contributed by atoms with E-state index in [1.165, 1.54) is 12.8 Å². The predicted octanol–water partition coefficient (Wildman–Crippen LogP) is 2.05. The number of benzene rings is 1. The summed E-state index contributed by atoms with van der Waals surface area (Å²) in [6.07, 6.45) is 3.00. The van der Waals surface area contributed by atoms with E-state index in [-0.39, 0.29) is 17.9 Å². The van der Waals surface area contributed by atoms with E-state index in [0.29, 0.717) is 18.9 Å². The molecule has 1 heterocycles. The molecule has 2 amide bonds. The minimum Gasteiger partial charge on any atom is -0.336 e. The molecular formula is C17H22N2O2. The van der Waals surface area contributed by atoms with Crippen molar-refractivity contribution in [1.82, 2.24) is 10.2 Å². The highest BCUT2D eigenvalue weighted by molar-refractivity contribution is 6.00. The molecule has 1 aliphatic heterocycles. The first-order valence-corrected chi connectivity index (χ1v) is 7.75. The first-order chi connectivity index (χ1) is 10.1. The van der Waals surface area contributed by atoms with Gasteiger partial charge in [0.1, 0.15) is 11.6 Å². The van der Waals surface area contributed by atoms with E-state index in [9.17, 15) is 9.59 Å². The fourth-order valence-corrected chi connectivity index (χ4v) is 3.12. The van der Waals surface area contributed by atoms with E-state index in [1.807, 2.05) is 49.1 Å². The first-order valence-electron chi connectivity index (χ1n) is 7.75. The number of piperazine rings is 1. The maximum absolute atomic E-state index is 13.0. The number of hydrogen-bond acceptors (Lipinski definition) is 2. The van der Waals surface area contributed by atoms with Crippen LogP contribution >= 0.6 is 0 Å². The molecule has 0 bridgehead atoms. The molecule has 2 unspecified atom stereocenters. The Morgan fingerprint density at radius 1 is 1.24 bits per heavy atom. The van der Waals surface area contributed by atoms with Gasteiger partial charge in [0.15, 0.2) is 0 Å². The fourth-order valence-electron chi connectivity index (χ4n) is 3.12. The van der Waals surface area contributed by atoms with Gasteiger partial charge in [-0.2, -0.15) is 0 Å². The van der Waals surface area contributed by atoms with Crippen LogP contribution in [0.2, 0.25) is 0 Å². The zero-order chi connectivity index (χ0) is 15.0. The minimum absolute atomic E-state index is 0.0204. The van der Waals surface area contributed by atoms with Crippen LogP contribution in [0.5, 0.6) is 0 Å². The number of rotatable bonds is 4. The van der Waals surface area contributed by atoms with Crippen molar-refractivity contribution < 1.29 is 9.59 Å². The average molecular weight is 286 g/mol. The molecule has 1 saturated heterocycles. The molecule has 4 nitrogen and oxygen atoms in total. The number of carbonyl (C=O) groups is 2. The van der Waals surface area contributed by atoms with E-state index in [0.717, 1.165) is 5.56 Å². The van der Waals surface area contributed by atoms with Crippen LogP contribution in [0.25, 0.3) is 0 Å². The average Bonchev–Trinajstić information content (AvgIpc) is 3.30. The van der Waals surface area contributed by atoms with E-state index in [1.54, 1.807) is 0 Å². The van der Waals surface area contributed by atoms with Crippen molar-refractivity contribution in [2.24, 2.45) is 5.92 Å². The molecule has 0 radical (unpaired) electrons. The Bertz CT molecular complexity index is 553. The maximum Gasteiger partial charge on any atom is 0.253 e. The molecule has 1 aromatic rings. The van der Waals surface area contributed by atoms with Gasteiger partial charge in [0.05, 0.1) is 0 Å². The van der Waals surface area contributed by atoms with Crippen molar-refractivity contribution in [2.45, 2.75) is 44.7 Å². The lowest BCUT2D eigenvalue weighted by Crippen LogP contribution is -2.67. The Kier molecular flexibility index (Phi) is 3.47. The standard InChI is InChI=1S/C17H22N2O2/c1-3-14-15(20)18-17(2,13-7-5-4-6-8-13)16(21)19(14)11-12-9-10-12/h4-8,12,14H,3,9-11H2,1-2H3,(H,18,20). The van der Waals surface area contributed by atoms with Crippen molar-refractivity contribution in [2.75, 3.05) is 6.54 Å². The highest BCUT2D eigenvalue weighted by atomic mass is 16.2. The van der Waals surface area contributed by atoms with E-state index in [4.69, 9.17) is 0 Å². The molecule has 21 heavy (non-hydrogen) atoms. The summed E-state index contributed by atoms with van der Waals surface area (Å²) < 4.78 is 0. The topological polar surface area (TPSA) is 49.4 Å². The molecule has 112 valence electrons. The van der Waals surface area contributed by atoms with Crippen molar-refractivity contribution >= 4 is 11.8 Å². The molecule has 3 rings (SSSR count). The second kappa shape index (κ2) is 5.17. The van der Waals surface area contributed by atoms with Crippen molar-refractivity contribution in [3.05, 3.63) is 35.9 Å². The van der Waals surface area contributed by atoms with Crippen LogP contribution in [0, 0.1) is 5.92 Å². The summed E-state index contributed by atoms with van der Waals surface area (Å²) in [6.45, 7) is 4.49. The van der Waals surface area contributed by atoms with Gasteiger partial charge in [-0.3, -0.25) is 9.59 Å². The number of amides is 2. The molecule has 4 heteroatoms.